The first kappa shape index (κ1) is 13.4. The molecule has 1 heterocycles. The Morgan fingerprint density at radius 1 is 1.24 bits per heavy atom. The average molecular weight is 350 g/mol. The fraction of sp³-hybridized carbons (Fsp3) is 0.231. The van der Waals surface area contributed by atoms with E-state index in [9.17, 15) is 0 Å². The second-order valence-electron chi connectivity index (χ2n) is 3.93. The zero-order valence-corrected chi connectivity index (χ0v) is 13.3. The van der Waals surface area contributed by atoms with Crippen molar-refractivity contribution >= 4 is 50.5 Å². The molecule has 0 saturated heterocycles. The van der Waals surface area contributed by atoms with Crippen molar-refractivity contribution in [3.05, 3.63) is 54.6 Å². The monoisotopic (exact) mass is 348 g/mol. The maximum atomic E-state index is 6.55. The van der Waals surface area contributed by atoms with Crippen LogP contribution in [0.3, 0.4) is 0 Å². The van der Waals surface area contributed by atoms with Gasteiger partial charge in [0.1, 0.15) is 0 Å². The van der Waals surface area contributed by atoms with Crippen molar-refractivity contribution in [3.63, 3.8) is 0 Å². The van der Waals surface area contributed by atoms with E-state index in [1.54, 1.807) is 11.3 Å². The Morgan fingerprint density at radius 3 is 2.53 bits per heavy atom. The summed E-state index contributed by atoms with van der Waals surface area (Å²) in [5.41, 5.74) is 2.23. The average Bonchev–Trinajstić information content (AvgIpc) is 2.60. The summed E-state index contributed by atoms with van der Waals surface area (Å²) in [6.45, 7) is 4.13. The highest BCUT2D eigenvalue weighted by Crippen LogP contribution is 2.40. The van der Waals surface area contributed by atoms with Crippen LogP contribution in [0.25, 0.3) is 0 Å². The van der Waals surface area contributed by atoms with Crippen molar-refractivity contribution in [2.45, 2.75) is 19.2 Å². The van der Waals surface area contributed by atoms with Crippen LogP contribution in [0, 0.1) is 13.8 Å². The lowest BCUT2D eigenvalue weighted by Crippen LogP contribution is -1.94. The highest BCUT2D eigenvalue weighted by molar-refractivity contribution is 9.10. The van der Waals surface area contributed by atoms with Crippen molar-refractivity contribution in [3.8, 4) is 0 Å². The number of aryl methyl sites for hydroxylation is 2. The number of hydrogen-bond acceptors (Lipinski definition) is 1. The van der Waals surface area contributed by atoms with Gasteiger partial charge in [0, 0.05) is 19.2 Å². The largest absolute Gasteiger partial charge is 0.143 e. The minimum Gasteiger partial charge on any atom is -0.143 e. The van der Waals surface area contributed by atoms with Gasteiger partial charge >= 0.3 is 0 Å². The minimum atomic E-state index is -0.151. The number of benzene rings is 1. The van der Waals surface area contributed by atoms with Crippen molar-refractivity contribution in [1.82, 2.24) is 0 Å². The molecule has 0 aliphatic carbocycles. The van der Waals surface area contributed by atoms with E-state index in [4.69, 9.17) is 23.2 Å². The van der Waals surface area contributed by atoms with Crippen LogP contribution in [0.4, 0.5) is 0 Å². The quantitative estimate of drug-likeness (QED) is 0.574. The molecular weight excluding hydrogens is 339 g/mol. The number of halogens is 3. The summed E-state index contributed by atoms with van der Waals surface area (Å²) in [6.07, 6.45) is 0. The van der Waals surface area contributed by atoms with E-state index >= 15 is 0 Å². The molecule has 0 nitrogen and oxygen atoms in total. The molecule has 1 aromatic heterocycles. The maximum absolute atomic E-state index is 6.55. The molecule has 1 unspecified atom stereocenters. The molecular formula is C13H11BrCl2S. The van der Waals surface area contributed by atoms with Crippen molar-refractivity contribution in [1.29, 1.82) is 0 Å². The summed E-state index contributed by atoms with van der Waals surface area (Å²) in [5.74, 6) is 0. The second kappa shape index (κ2) is 5.31. The SMILES string of the molecule is Cc1cc(Br)c(C(Cl)c2cc(Cl)ccc2C)s1. The predicted octanol–water partition coefficient (Wildman–Crippen LogP) is 6.11. The van der Waals surface area contributed by atoms with E-state index < -0.39 is 0 Å². The van der Waals surface area contributed by atoms with Gasteiger partial charge in [-0.15, -0.1) is 22.9 Å². The van der Waals surface area contributed by atoms with Crippen LogP contribution in [-0.4, -0.2) is 0 Å². The van der Waals surface area contributed by atoms with Gasteiger partial charge in [-0.2, -0.15) is 0 Å². The summed E-state index contributed by atoms with van der Waals surface area (Å²) >= 11 is 17.8. The fourth-order valence-corrected chi connectivity index (χ4v) is 4.38. The molecule has 0 aliphatic rings. The molecule has 0 aliphatic heterocycles. The highest BCUT2D eigenvalue weighted by Gasteiger charge is 2.18. The van der Waals surface area contributed by atoms with Crippen LogP contribution in [-0.2, 0) is 0 Å². The van der Waals surface area contributed by atoms with Crippen LogP contribution in [0.1, 0.15) is 26.3 Å². The standard InChI is InChI=1S/C13H11BrCl2S/c1-7-3-4-9(15)6-10(7)12(16)13-11(14)5-8(2)17-13/h3-6,12H,1-2H3. The Balaban J connectivity index is 2.46. The highest BCUT2D eigenvalue weighted by atomic mass is 79.9. The molecule has 0 bridgehead atoms. The van der Waals surface area contributed by atoms with E-state index in [2.05, 4.69) is 35.8 Å². The molecule has 1 aromatic carbocycles. The summed E-state index contributed by atoms with van der Waals surface area (Å²) in [4.78, 5) is 2.38. The fourth-order valence-electron chi connectivity index (χ4n) is 1.70. The molecule has 0 N–H and O–H groups in total. The minimum absolute atomic E-state index is 0.151. The molecule has 2 aromatic rings. The summed E-state index contributed by atoms with van der Waals surface area (Å²) in [6, 6.07) is 7.92. The summed E-state index contributed by atoms with van der Waals surface area (Å²) < 4.78 is 1.07. The van der Waals surface area contributed by atoms with Gasteiger partial charge < -0.3 is 0 Å². The Hall–Kier alpha value is -0.0200. The van der Waals surface area contributed by atoms with E-state index in [0.29, 0.717) is 0 Å². The Labute approximate surface area is 124 Å². The third-order valence-corrected chi connectivity index (χ3v) is 5.43. The van der Waals surface area contributed by atoms with Crippen molar-refractivity contribution < 1.29 is 0 Å². The molecule has 0 saturated carbocycles. The molecule has 0 amide bonds. The van der Waals surface area contributed by atoms with E-state index in [0.717, 1.165) is 25.5 Å². The van der Waals surface area contributed by atoms with Crippen LogP contribution < -0.4 is 0 Å². The van der Waals surface area contributed by atoms with Gasteiger partial charge in [0.05, 0.1) is 5.38 Å². The topological polar surface area (TPSA) is 0 Å². The van der Waals surface area contributed by atoms with Crippen LogP contribution in [0.2, 0.25) is 5.02 Å². The number of rotatable bonds is 2. The lowest BCUT2D eigenvalue weighted by atomic mass is 10.0. The number of thiophene rings is 1. The molecule has 1 atom stereocenters. The lowest BCUT2D eigenvalue weighted by molar-refractivity contribution is 1.14. The van der Waals surface area contributed by atoms with Gasteiger partial charge in [-0.25, -0.2) is 0 Å². The molecule has 4 heteroatoms. The van der Waals surface area contributed by atoms with Crippen LogP contribution >= 0.6 is 50.5 Å². The first-order valence-electron chi connectivity index (χ1n) is 5.15. The van der Waals surface area contributed by atoms with Crippen molar-refractivity contribution in [2.24, 2.45) is 0 Å². The van der Waals surface area contributed by atoms with Crippen molar-refractivity contribution in [2.75, 3.05) is 0 Å². The van der Waals surface area contributed by atoms with Gasteiger partial charge in [-0.3, -0.25) is 0 Å². The normalized spacial score (nSPS) is 12.8. The smallest absolute Gasteiger partial charge is 0.0942 e. The molecule has 0 fully saturated rings. The van der Waals surface area contributed by atoms with E-state index in [-0.39, 0.29) is 5.38 Å². The molecule has 2 rings (SSSR count). The third-order valence-electron chi connectivity index (χ3n) is 2.58. The van der Waals surface area contributed by atoms with E-state index in [1.165, 1.54) is 4.88 Å². The van der Waals surface area contributed by atoms with Gasteiger partial charge in [-0.1, -0.05) is 17.7 Å². The van der Waals surface area contributed by atoms with Crippen LogP contribution in [0.15, 0.2) is 28.7 Å². The van der Waals surface area contributed by atoms with Gasteiger partial charge in [0.15, 0.2) is 0 Å². The maximum Gasteiger partial charge on any atom is 0.0942 e. The zero-order chi connectivity index (χ0) is 12.6. The number of hydrogen-bond donors (Lipinski definition) is 0. The third kappa shape index (κ3) is 2.87. The number of alkyl halides is 1. The van der Waals surface area contributed by atoms with Gasteiger partial charge in [-0.05, 0) is 59.1 Å². The molecule has 0 radical (unpaired) electrons. The van der Waals surface area contributed by atoms with E-state index in [1.807, 2.05) is 18.2 Å². The summed E-state index contributed by atoms with van der Waals surface area (Å²) in [7, 11) is 0. The Kier molecular flexibility index (Phi) is 4.19. The Morgan fingerprint density at radius 2 is 1.94 bits per heavy atom. The van der Waals surface area contributed by atoms with Gasteiger partial charge in [0.2, 0.25) is 0 Å². The predicted molar refractivity (Wildman–Crippen MR) is 80.6 cm³/mol. The lowest BCUT2D eigenvalue weighted by Gasteiger charge is -2.12. The molecule has 17 heavy (non-hydrogen) atoms. The molecule has 90 valence electrons. The first-order valence-corrected chi connectivity index (χ1v) is 7.57. The van der Waals surface area contributed by atoms with Crippen LogP contribution in [0.5, 0.6) is 0 Å². The summed E-state index contributed by atoms with van der Waals surface area (Å²) in [5, 5.41) is 0.572. The van der Waals surface area contributed by atoms with Gasteiger partial charge in [0.25, 0.3) is 0 Å². The second-order valence-corrected chi connectivity index (χ2v) is 6.95. The zero-order valence-electron chi connectivity index (χ0n) is 9.43. The first-order chi connectivity index (χ1) is 7.99. The Bertz CT molecular complexity index is 548. The molecule has 0 spiro atoms.